The smallest absolute Gasteiger partial charge is 0.170 e. The maximum atomic E-state index is 5.55. The number of hydrogen-bond acceptors (Lipinski definition) is 5. The van der Waals surface area contributed by atoms with Crippen molar-refractivity contribution in [3.05, 3.63) is 36.2 Å². The summed E-state index contributed by atoms with van der Waals surface area (Å²) in [6.45, 7) is 3.60. The summed E-state index contributed by atoms with van der Waals surface area (Å²) in [7, 11) is 0. The van der Waals surface area contributed by atoms with Gasteiger partial charge in [0.1, 0.15) is 0 Å². The Balaban J connectivity index is 1.65. The first-order valence-electron chi connectivity index (χ1n) is 7.00. The molecule has 0 saturated carbocycles. The molecule has 3 rings (SSSR count). The lowest BCUT2D eigenvalue weighted by Crippen LogP contribution is -2.38. The molecule has 2 atom stereocenters. The third-order valence-electron chi connectivity index (χ3n) is 3.57. The highest BCUT2D eigenvalue weighted by Crippen LogP contribution is 2.14. The average Bonchev–Trinajstić information content (AvgIpc) is 2.95. The highest BCUT2D eigenvalue weighted by atomic mass is 16.5. The van der Waals surface area contributed by atoms with E-state index in [2.05, 4.69) is 27.8 Å². The first-order valence-corrected chi connectivity index (χ1v) is 7.00. The second-order valence-electron chi connectivity index (χ2n) is 5.13. The molecule has 0 radical (unpaired) electrons. The number of aromatic nitrogens is 4. The topological polar surface area (TPSA) is 64.9 Å². The fourth-order valence-corrected chi connectivity index (χ4v) is 2.50. The lowest BCUT2D eigenvalue weighted by Gasteiger charge is -2.27. The van der Waals surface area contributed by atoms with Crippen LogP contribution in [-0.2, 0) is 11.3 Å². The van der Waals surface area contributed by atoms with E-state index < -0.39 is 0 Å². The highest BCUT2D eigenvalue weighted by molar-refractivity contribution is 5.30. The van der Waals surface area contributed by atoms with Gasteiger partial charge in [-0.1, -0.05) is 18.2 Å². The second-order valence-corrected chi connectivity index (χ2v) is 5.13. The summed E-state index contributed by atoms with van der Waals surface area (Å²) in [6.07, 6.45) is 2.40. The maximum Gasteiger partial charge on any atom is 0.170 e. The summed E-state index contributed by atoms with van der Waals surface area (Å²) in [4.78, 5) is 0. The Labute approximate surface area is 118 Å². The van der Waals surface area contributed by atoms with Gasteiger partial charge in [0, 0.05) is 12.6 Å². The molecule has 1 saturated heterocycles. The molecule has 1 aliphatic heterocycles. The molecule has 1 aromatic heterocycles. The summed E-state index contributed by atoms with van der Waals surface area (Å²) in [5, 5.41) is 15.5. The molecule has 1 aromatic carbocycles. The van der Waals surface area contributed by atoms with Crippen LogP contribution in [0.1, 0.15) is 25.6 Å². The molecular formula is C14H19N5O. The molecule has 6 nitrogen and oxygen atoms in total. The van der Waals surface area contributed by atoms with Gasteiger partial charge in [-0.25, -0.2) is 0 Å². The molecule has 6 heteroatoms. The molecule has 0 spiro atoms. The SMILES string of the molecule is CC1CC(NCc2nnnn2-c2ccccc2)CCO1. The van der Waals surface area contributed by atoms with Crippen LogP contribution in [0.25, 0.3) is 5.69 Å². The van der Waals surface area contributed by atoms with E-state index in [-0.39, 0.29) is 0 Å². The van der Waals surface area contributed by atoms with E-state index in [4.69, 9.17) is 4.74 Å². The zero-order valence-corrected chi connectivity index (χ0v) is 11.6. The van der Waals surface area contributed by atoms with E-state index in [1.165, 1.54) is 0 Å². The molecule has 2 unspecified atom stereocenters. The molecule has 0 bridgehead atoms. The Morgan fingerprint density at radius 2 is 2.20 bits per heavy atom. The van der Waals surface area contributed by atoms with Gasteiger partial charge < -0.3 is 10.1 Å². The standard InChI is InChI=1S/C14H19N5O/c1-11-9-12(7-8-20-11)15-10-14-16-17-18-19(14)13-5-3-2-4-6-13/h2-6,11-12,15H,7-10H2,1H3. The van der Waals surface area contributed by atoms with Crippen molar-refractivity contribution in [1.82, 2.24) is 25.5 Å². The van der Waals surface area contributed by atoms with Crippen molar-refractivity contribution < 1.29 is 4.74 Å². The fraction of sp³-hybridized carbons (Fsp3) is 0.500. The lowest BCUT2D eigenvalue weighted by molar-refractivity contribution is 0.0129. The number of nitrogens with zero attached hydrogens (tertiary/aromatic N) is 4. The van der Waals surface area contributed by atoms with Crippen molar-refractivity contribution in [2.24, 2.45) is 0 Å². The third kappa shape index (κ3) is 3.02. The predicted molar refractivity (Wildman–Crippen MR) is 74.4 cm³/mol. The Morgan fingerprint density at radius 3 is 3.00 bits per heavy atom. The van der Waals surface area contributed by atoms with Crippen LogP contribution < -0.4 is 5.32 Å². The van der Waals surface area contributed by atoms with E-state index in [0.29, 0.717) is 18.7 Å². The molecule has 1 fully saturated rings. The molecular weight excluding hydrogens is 254 g/mol. The Morgan fingerprint density at radius 1 is 1.35 bits per heavy atom. The number of rotatable bonds is 4. The predicted octanol–water partition coefficient (Wildman–Crippen LogP) is 1.32. The van der Waals surface area contributed by atoms with Crippen LogP contribution in [0.4, 0.5) is 0 Å². The third-order valence-corrected chi connectivity index (χ3v) is 3.57. The summed E-state index contributed by atoms with van der Waals surface area (Å²) in [5.41, 5.74) is 0.981. The Hall–Kier alpha value is -1.79. The maximum absolute atomic E-state index is 5.55. The van der Waals surface area contributed by atoms with Gasteiger partial charge in [0.25, 0.3) is 0 Å². The quantitative estimate of drug-likeness (QED) is 0.910. The van der Waals surface area contributed by atoms with Crippen LogP contribution in [-0.4, -0.2) is 39.0 Å². The van der Waals surface area contributed by atoms with E-state index in [0.717, 1.165) is 31.0 Å². The van der Waals surface area contributed by atoms with Crippen LogP contribution in [0.2, 0.25) is 0 Å². The van der Waals surface area contributed by atoms with Crippen molar-refractivity contribution >= 4 is 0 Å². The number of nitrogens with one attached hydrogen (secondary N) is 1. The summed E-state index contributed by atoms with van der Waals surface area (Å²) >= 11 is 0. The average molecular weight is 273 g/mol. The van der Waals surface area contributed by atoms with Crippen LogP contribution in [0, 0.1) is 0 Å². The van der Waals surface area contributed by atoms with Crippen LogP contribution in [0.15, 0.2) is 30.3 Å². The number of hydrogen-bond donors (Lipinski definition) is 1. The van der Waals surface area contributed by atoms with E-state index in [9.17, 15) is 0 Å². The molecule has 1 aliphatic rings. The van der Waals surface area contributed by atoms with Gasteiger partial charge in [-0.15, -0.1) is 5.10 Å². The van der Waals surface area contributed by atoms with Gasteiger partial charge in [0.2, 0.25) is 0 Å². The van der Waals surface area contributed by atoms with Crippen LogP contribution in [0.5, 0.6) is 0 Å². The number of para-hydroxylation sites is 1. The van der Waals surface area contributed by atoms with Crippen molar-refractivity contribution in [3.63, 3.8) is 0 Å². The molecule has 20 heavy (non-hydrogen) atoms. The van der Waals surface area contributed by atoms with Crippen LogP contribution in [0.3, 0.4) is 0 Å². The van der Waals surface area contributed by atoms with Gasteiger partial charge >= 0.3 is 0 Å². The second kappa shape index (κ2) is 6.11. The Bertz CT molecular complexity index is 542. The van der Waals surface area contributed by atoms with Crippen LogP contribution >= 0.6 is 0 Å². The molecule has 2 aromatic rings. The first-order chi connectivity index (χ1) is 9.83. The van der Waals surface area contributed by atoms with Crippen molar-refractivity contribution in [1.29, 1.82) is 0 Å². The first kappa shape index (κ1) is 13.2. The van der Waals surface area contributed by atoms with E-state index in [1.807, 2.05) is 30.3 Å². The lowest BCUT2D eigenvalue weighted by atomic mass is 10.0. The molecule has 106 valence electrons. The molecule has 1 N–H and O–H groups in total. The number of tetrazole rings is 1. The number of ether oxygens (including phenoxy) is 1. The minimum atomic E-state index is 0.325. The molecule has 0 amide bonds. The minimum Gasteiger partial charge on any atom is -0.378 e. The van der Waals surface area contributed by atoms with E-state index in [1.54, 1.807) is 4.68 Å². The fourth-order valence-electron chi connectivity index (χ4n) is 2.50. The van der Waals surface area contributed by atoms with Gasteiger partial charge in [0.15, 0.2) is 5.82 Å². The van der Waals surface area contributed by atoms with Gasteiger partial charge in [-0.05, 0) is 42.3 Å². The summed E-state index contributed by atoms with van der Waals surface area (Å²) < 4.78 is 7.33. The van der Waals surface area contributed by atoms with Gasteiger partial charge in [0.05, 0.1) is 18.3 Å². The highest BCUT2D eigenvalue weighted by Gasteiger charge is 2.19. The van der Waals surface area contributed by atoms with Gasteiger partial charge in [-0.3, -0.25) is 0 Å². The van der Waals surface area contributed by atoms with Gasteiger partial charge in [-0.2, -0.15) is 4.68 Å². The largest absolute Gasteiger partial charge is 0.378 e. The zero-order valence-electron chi connectivity index (χ0n) is 11.6. The van der Waals surface area contributed by atoms with Crippen molar-refractivity contribution in [2.75, 3.05) is 6.61 Å². The van der Waals surface area contributed by atoms with E-state index >= 15 is 0 Å². The monoisotopic (exact) mass is 273 g/mol. The van der Waals surface area contributed by atoms with Crippen molar-refractivity contribution in [3.8, 4) is 5.69 Å². The zero-order chi connectivity index (χ0) is 13.8. The van der Waals surface area contributed by atoms with Crippen molar-refractivity contribution in [2.45, 2.75) is 38.5 Å². The summed E-state index contributed by atoms with van der Waals surface area (Å²) in [5.74, 6) is 0.829. The summed E-state index contributed by atoms with van der Waals surface area (Å²) in [6, 6.07) is 10.4. The minimum absolute atomic E-state index is 0.325. The molecule has 2 heterocycles. The Kier molecular flexibility index (Phi) is 4.03. The number of benzene rings is 1. The molecule has 0 aliphatic carbocycles. The normalized spacial score (nSPS) is 22.9.